The van der Waals surface area contributed by atoms with Gasteiger partial charge in [0.15, 0.2) is 5.82 Å². The Balaban J connectivity index is 2.18. The Morgan fingerprint density at radius 2 is 2.05 bits per heavy atom. The number of rotatable bonds is 3. The molecule has 0 spiro atoms. The Labute approximate surface area is 140 Å². The first-order chi connectivity index (χ1) is 10.5. The van der Waals surface area contributed by atoms with Gasteiger partial charge in [0.2, 0.25) is 0 Å². The molecule has 2 aromatic heterocycles. The van der Waals surface area contributed by atoms with Crippen LogP contribution in [0.4, 0.5) is 20.2 Å². The summed E-state index contributed by atoms with van der Waals surface area (Å²) in [7, 11) is 0. The van der Waals surface area contributed by atoms with Crippen LogP contribution in [0.1, 0.15) is 9.67 Å². The quantitative estimate of drug-likeness (QED) is 0.593. The molecule has 0 aliphatic heterocycles. The van der Waals surface area contributed by atoms with Crippen molar-refractivity contribution in [2.75, 3.05) is 5.32 Å². The summed E-state index contributed by atoms with van der Waals surface area (Å²) in [4.78, 5) is 15.0. The van der Waals surface area contributed by atoms with E-state index in [0.717, 1.165) is 17.5 Å². The average molecular weight is 432 g/mol. The largest absolute Gasteiger partial charge is 0.477 e. The van der Waals surface area contributed by atoms with Crippen LogP contribution in [0.25, 0.3) is 10.1 Å². The summed E-state index contributed by atoms with van der Waals surface area (Å²) in [6, 6.07) is 4.50. The number of anilines is 2. The number of hydrogen-bond donors (Lipinski definition) is 2. The first-order valence-electron chi connectivity index (χ1n) is 5.98. The Kier molecular flexibility index (Phi) is 3.96. The Morgan fingerprint density at radius 3 is 2.73 bits per heavy atom. The van der Waals surface area contributed by atoms with Gasteiger partial charge in [-0.05, 0) is 40.8 Å². The van der Waals surface area contributed by atoms with E-state index in [-0.39, 0.29) is 21.0 Å². The zero-order valence-corrected chi connectivity index (χ0v) is 13.7. The predicted molar refractivity (Wildman–Crippen MR) is 88.9 cm³/mol. The number of nitrogens with zero attached hydrogens (tertiary/aromatic N) is 1. The number of pyridine rings is 1. The monoisotopic (exact) mass is 432 g/mol. The molecule has 0 aliphatic carbocycles. The van der Waals surface area contributed by atoms with E-state index in [1.54, 1.807) is 6.07 Å². The molecule has 3 rings (SSSR count). The van der Waals surface area contributed by atoms with Gasteiger partial charge in [-0.2, -0.15) is 0 Å². The Morgan fingerprint density at radius 1 is 1.27 bits per heavy atom. The number of hydrogen-bond acceptors (Lipinski definition) is 4. The minimum absolute atomic E-state index is 0.0974. The lowest BCUT2D eigenvalue weighted by atomic mass is 10.2. The van der Waals surface area contributed by atoms with Gasteiger partial charge in [0.25, 0.3) is 0 Å². The lowest BCUT2D eigenvalue weighted by molar-refractivity contribution is 0.0703. The molecule has 0 aliphatic rings. The van der Waals surface area contributed by atoms with Crippen molar-refractivity contribution in [1.82, 2.24) is 4.98 Å². The normalized spacial score (nSPS) is 10.9. The van der Waals surface area contributed by atoms with Crippen molar-refractivity contribution >= 4 is 61.4 Å². The van der Waals surface area contributed by atoms with E-state index < -0.39 is 17.6 Å². The smallest absolute Gasteiger partial charge is 0.348 e. The Hall–Kier alpha value is -1.81. The molecule has 1 aromatic carbocycles. The summed E-state index contributed by atoms with van der Waals surface area (Å²) in [5.41, 5.74) is 0.256. The number of aromatic nitrogens is 1. The summed E-state index contributed by atoms with van der Waals surface area (Å²) in [6.45, 7) is 0. The van der Waals surface area contributed by atoms with E-state index in [4.69, 9.17) is 0 Å². The average Bonchev–Trinajstić information content (AvgIpc) is 2.82. The van der Waals surface area contributed by atoms with Gasteiger partial charge in [-0.1, -0.05) is 0 Å². The molecule has 8 heteroatoms. The minimum atomic E-state index is -1.21. The van der Waals surface area contributed by atoms with Crippen molar-refractivity contribution in [3.05, 3.63) is 50.7 Å². The highest BCUT2D eigenvalue weighted by Gasteiger charge is 2.21. The second kappa shape index (κ2) is 5.76. The summed E-state index contributed by atoms with van der Waals surface area (Å²) < 4.78 is 28.6. The molecular formula is C14H7F2IN2O2S. The predicted octanol–water partition coefficient (Wildman–Crippen LogP) is 4.62. The summed E-state index contributed by atoms with van der Waals surface area (Å²) in [5.74, 6) is -2.35. The van der Waals surface area contributed by atoms with Crippen molar-refractivity contribution < 1.29 is 18.7 Å². The third-order valence-electron chi connectivity index (χ3n) is 2.94. The van der Waals surface area contributed by atoms with Crippen LogP contribution in [0.15, 0.2) is 30.6 Å². The highest BCUT2D eigenvalue weighted by atomic mass is 127. The van der Waals surface area contributed by atoms with Crippen molar-refractivity contribution in [2.24, 2.45) is 0 Å². The molecule has 112 valence electrons. The standard InChI is InChI=1S/C14H7F2IN2O2S/c15-8-3-6(17)1-2-10(8)19-11-7-4-18-5-9(16)12(7)22-13(11)14(20)21/h1-5,19H,(H,20,21). The van der Waals surface area contributed by atoms with Crippen molar-refractivity contribution in [3.8, 4) is 0 Å². The summed E-state index contributed by atoms with van der Waals surface area (Å²) in [5, 5.41) is 12.3. The zero-order valence-electron chi connectivity index (χ0n) is 10.7. The fourth-order valence-electron chi connectivity index (χ4n) is 1.98. The molecule has 0 bridgehead atoms. The molecule has 0 radical (unpaired) electrons. The minimum Gasteiger partial charge on any atom is -0.477 e. The molecule has 4 nitrogen and oxygen atoms in total. The van der Waals surface area contributed by atoms with Gasteiger partial charge in [-0.25, -0.2) is 13.6 Å². The van der Waals surface area contributed by atoms with Crippen LogP contribution in [-0.2, 0) is 0 Å². The first kappa shape index (κ1) is 15.1. The van der Waals surface area contributed by atoms with Gasteiger partial charge in [0, 0.05) is 15.2 Å². The molecule has 3 aromatic rings. The van der Waals surface area contributed by atoms with E-state index in [2.05, 4.69) is 10.3 Å². The first-order valence-corrected chi connectivity index (χ1v) is 7.88. The number of carbonyl (C=O) groups is 1. The van der Waals surface area contributed by atoms with Crippen LogP contribution < -0.4 is 5.32 Å². The highest BCUT2D eigenvalue weighted by Crippen LogP contribution is 2.38. The molecule has 0 amide bonds. The fourth-order valence-corrected chi connectivity index (χ4v) is 3.40. The van der Waals surface area contributed by atoms with E-state index >= 15 is 0 Å². The molecule has 22 heavy (non-hydrogen) atoms. The second-order valence-corrected chi connectivity index (χ2v) is 6.62. The Bertz CT molecular complexity index is 898. The molecule has 0 saturated carbocycles. The third-order valence-corrected chi connectivity index (χ3v) is 4.81. The van der Waals surface area contributed by atoms with Crippen LogP contribution in [0.3, 0.4) is 0 Å². The number of benzene rings is 1. The molecule has 0 saturated heterocycles. The van der Waals surface area contributed by atoms with Crippen LogP contribution >= 0.6 is 33.9 Å². The summed E-state index contributed by atoms with van der Waals surface area (Å²) >= 11 is 2.75. The van der Waals surface area contributed by atoms with Crippen LogP contribution in [0.2, 0.25) is 0 Å². The van der Waals surface area contributed by atoms with Gasteiger partial charge in [0.05, 0.1) is 22.3 Å². The van der Waals surface area contributed by atoms with Crippen LogP contribution in [0, 0.1) is 15.2 Å². The lowest BCUT2D eigenvalue weighted by Gasteiger charge is -2.08. The maximum Gasteiger partial charge on any atom is 0.348 e. The zero-order chi connectivity index (χ0) is 15.9. The SMILES string of the molecule is O=C(O)c1sc2c(F)cncc2c1Nc1ccc(I)cc1F. The molecule has 0 fully saturated rings. The molecular weight excluding hydrogens is 425 g/mol. The molecule has 2 N–H and O–H groups in total. The van der Waals surface area contributed by atoms with Gasteiger partial charge in [0.1, 0.15) is 10.7 Å². The number of nitrogens with one attached hydrogen (secondary N) is 1. The van der Waals surface area contributed by atoms with E-state index in [1.165, 1.54) is 18.3 Å². The van der Waals surface area contributed by atoms with Crippen molar-refractivity contribution in [1.29, 1.82) is 0 Å². The van der Waals surface area contributed by atoms with Crippen molar-refractivity contribution in [2.45, 2.75) is 0 Å². The highest BCUT2D eigenvalue weighted by molar-refractivity contribution is 14.1. The number of carboxylic acids is 1. The molecule has 0 unspecified atom stereocenters. The van der Waals surface area contributed by atoms with Gasteiger partial charge >= 0.3 is 5.97 Å². The topological polar surface area (TPSA) is 62.2 Å². The van der Waals surface area contributed by atoms with Gasteiger partial charge in [-0.15, -0.1) is 11.3 Å². The second-order valence-electron chi connectivity index (χ2n) is 4.36. The maximum atomic E-state index is 14.0. The van der Waals surface area contributed by atoms with E-state index in [0.29, 0.717) is 8.96 Å². The number of thiophene rings is 1. The van der Waals surface area contributed by atoms with Crippen LogP contribution in [-0.4, -0.2) is 16.1 Å². The van der Waals surface area contributed by atoms with E-state index in [1.807, 2.05) is 22.6 Å². The summed E-state index contributed by atoms with van der Waals surface area (Å²) in [6.07, 6.45) is 2.37. The van der Waals surface area contributed by atoms with E-state index in [9.17, 15) is 18.7 Å². The number of halogens is 3. The fraction of sp³-hybridized carbons (Fsp3) is 0. The van der Waals surface area contributed by atoms with Crippen LogP contribution in [0.5, 0.6) is 0 Å². The number of fused-ring (bicyclic) bond motifs is 1. The van der Waals surface area contributed by atoms with Gasteiger partial charge < -0.3 is 10.4 Å². The molecule has 2 heterocycles. The number of aromatic carboxylic acids is 1. The molecule has 0 atom stereocenters. The van der Waals surface area contributed by atoms with Gasteiger partial charge in [-0.3, -0.25) is 4.98 Å². The third kappa shape index (κ3) is 2.63. The lowest BCUT2D eigenvalue weighted by Crippen LogP contribution is -2.00. The number of carboxylic acid groups (broad SMARTS) is 1. The maximum absolute atomic E-state index is 14.0. The van der Waals surface area contributed by atoms with Crippen molar-refractivity contribution in [3.63, 3.8) is 0 Å².